The number of allylic oxidation sites excluding steroid dienone is 4. The lowest BCUT2D eigenvalue weighted by Gasteiger charge is -2.25. The van der Waals surface area contributed by atoms with Gasteiger partial charge in [0.2, 0.25) is 0 Å². The van der Waals surface area contributed by atoms with Crippen LogP contribution in [0.15, 0.2) is 23.3 Å². The monoisotopic (exact) mass is 252 g/mol. The van der Waals surface area contributed by atoms with Gasteiger partial charge in [0, 0.05) is 0 Å². The fourth-order valence-corrected chi connectivity index (χ4v) is 2.25. The van der Waals surface area contributed by atoms with Gasteiger partial charge in [-0.05, 0) is 39.5 Å². The topological polar surface area (TPSA) is 74.6 Å². The number of hydrogen-bond acceptors (Lipinski definition) is 2. The number of carboxylic acids is 2. The molecule has 0 fully saturated rings. The molecule has 2 N–H and O–H groups in total. The zero-order valence-electron chi connectivity index (χ0n) is 10.8. The maximum atomic E-state index is 11.1. The van der Waals surface area contributed by atoms with Gasteiger partial charge in [0.25, 0.3) is 0 Å². The van der Waals surface area contributed by atoms with Crippen LogP contribution in [0.4, 0.5) is 0 Å². The van der Waals surface area contributed by atoms with E-state index in [1.807, 2.05) is 19.9 Å². The molecule has 2 atom stereocenters. The van der Waals surface area contributed by atoms with E-state index in [0.717, 1.165) is 18.4 Å². The van der Waals surface area contributed by atoms with Gasteiger partial charge in [-0.2, -0.15) is 0 Å². The van der Waals surface area contributed by atoms with Gasteiger partial charge in [-0.3, -0.25) is 9.59 Å². The molecule has 0 heterocycles. The average Bonchev–Trinajstić information content (AvgIpc) is 2.28. The summed E-state index contributed by atoms with van der Waals surface area (Å²) in [4.78, 5) is 22.1. The Morgan fingerprint density at radius 2 is 1.89 bits per heavy atom. The van der Waals surface area contributed by atoms with Crippen molar-refractivity contribution in [2.24, 2.45) is 11.8 Å². The van der Waals surface area contributed by atoms with Crippen LogP contribution in [0.3, 0.4) is 0 Å². The summed E-state index contributed by atoms with van der Waals surface area (Å²) in [5.41, 5.74) is 2.31. The van der Waals surface area contributed by atoms with Crippen molar-refractivity contribution in [3.63, 3.8) is 0 Å². The van der Waals surface area contributed by atoms with Crippen molar-refractivity contribution in [1.82, 2.24) is 0 Å². The van der Waals surface area contributed by atoms with Crippen LogP contribution in [0, 0.1) is 11.8 Å². The van der Waals surface area contributed by atoms with Crippen LogP contribution in [0.2, 0.25) is 0 Å². The van der Waals surface area contributed by atoms with Crippen molar-refractivity contribution >= 4 is 11.9 Å². The Hall–Kier alpha value is -1.58. The maximum absolute atomic E-state index is 11.1. The highest BCUT2D eigenvalue weighted by molar-refractivity contribution is 5.80. The minimum atomic E-state index is -1.01. The van der Waals surface area contributed by atoms with Crippen LogP contribution in [-0.4, -0.2) is 22.2 Å². The smallest absolute Gasteiger partial charge is 0.307 e. The molecule has 0 amide bonds. The summed E-state index contributed by atoms with van der Waals surface area (Å²) in [6, 6.07) is 0. The van der Waals surface area contributed by atoms with Crippen molar-refractivity contribution in [3.05, 3.63) is 23.3 Å². The third-order valence-corrected chi connectivity index (χ3v) is 3.28. The normalized spacial score (nSPS) is 23.1. The average molecular weight is 252 g/mol. The molecular formula is C14H20O4. The van der Waals surface area contributed by atoms with E-state index in [0.29, 0.717) is 12.8 Å². The number of hydrogen-bond donors (Lipinski definition) is 2. The molecule has 0 aliphatic heterocycles. The molecule has 0 saturated heterocycles. The molecule has 1 aliphatic carbocycles. The lowest BCUT2D eigenvalue weighted by atomic mass is 9.78. The largest absolute Gasteiger partial charge is 0.481 e. The summed E-state index contributed by atoms with van der Waals surface area (Å²) in [5, 5.41) is 18.1. The van der Waals surface area contributed by atoms with Gasteiger partial charge in [0.15, 0.2) is 0 Å². The second kappa shape index (κ2) is 6.38. The number of aliphatic carboxylic acids is 2. The summed E-state index contributed by atoms with van der Waals surface area (Å²) < 4.78 is 0. The number of rotatable bonds is 5. The van der Waals surface area contributed by atoms with E-state index < -0.39 is 23.8 Å². The zero-order chi connectivity index (χ0) is 13.7. The minimum absolute atomic E-state index is 0.330. The third-order valence-electron chi connectivity index (χ3n) is 3.28. The lowest BCUT2D eigenvalue weighted by molar-refractivity contribution is -0.153. The van der Waals surface area contributed by atoms with Gasteiger partial charge in [0.05, 0.1) is 11.8 Å². The molecule has 0 radical (unpaired) electrons. The van der Waals surface area contributed by atoms with Crippen molar-refractivity contribution in [2.75, 3.05) is 0 Å². The van der Waals surface area contributed by atoms with Crippen molar-refractivity contribution < 1.29 is 19.8 Å². The van der Waals surface area contributed by atoms with E-state index in [9.17, 15) is 9.59 Å². The summed E-state index contributed by atoms with van der Waals surface area (Å²) in [6.45, 7) is 4.05. The summed E-state index contributed by atoms with van der Waals surface area (Å²) in [5.74, 6) is -3.58. The highest BCUT2D eigenvalue weighted by atomic mass is 16.4. The standard InChI is InChI=1S/C14H20O4/c1-9(2)4-3-5-10-6-7-11(13(15)16)12(8-10)14(17)18/h4,6,11-12H,3,5,7-8H2,1-2H3,(H,15,16)(H,17,18)/t11-,12-/m1/s1. The molecular weight excluding hydrogens is 232 g/mol. The maximum Gasteiger partial charge on any atom is 0.307 e. The molecule has 1 rings (SSSR count). The number of carbonyl (C=O) groups is 2. The Morgan fingerprint density at radius 3 is 2.39 bits per heavy atom. The highest BCUT2D eigenvalue weighted by Crippen LogP contribution is 2.32. The predicted octanol–water partition coefficient (Wildman–Crippen LogP) is 2.85. The molecule has 0 bridgehead atoms. The first-order chi connectivity index (χ1) is 8.41. The van der Waals surface area contributed by atoms with E-state index in [1.54, 1.807) is 0 Å². The van der Waals surface area contributed by atoms with E-state index >= 15 is 0 Å². The second-order valence-corrected chi connectivity index (χ2v) is 5.01. The van der Waals surface area contributed by atoms with E-state index in [4.69, 9.17) is 10.2 Å². The Balaban J connectivity index is 2.66. The van der Waals surface area contributed by atoms with Crippen LogP contribution in [0.1, 0.15) is 39.5 Å². The molecule has 0 aromatic heterocycles. The van der Waals surface area contributed by atoms with Crippen molar-refractivity contribution in [3.8, 4) is 0 Å². The Morgan fingerprint density at radius 1 is 1.28 bits per heavy atom. The van der Waals surface area contributed by atoms with E-state index in [1.165, 1.54) is 5.57 Å². The zero-order valence-corrected chi connectivity index (χ0v) is 10.8. The van der Waals surface area contributed by atoms with Gasteiger partial charge >= 0.3 is 11.9 Å². The van der Waals surface area contributed by atoms with Crippen LogP contribution in [0.5, 0.6) is 0 Å². The van der Waals surface area contributed by atoms with E-state index in [2.05, 4.69) is 6.08 Å². The number of carboxylic acid groups (broad SMARTS) is 2. The molecule has 4 heteroatoms. The highest BCUT2D eigenvalue weighted by Gasteiger charge is 2.35. The fraction of sp³-hybridized carbons (Fsp3) is 0.571. The van der Waals surface area contributed by atoms with Gasteiger partial charge < -0.3 is 10.2 Å². The molecule has 1 aliphatic rings. The molecule has 100 valence electrons. The van der Waals surface area contributed by atoms with Crippen LogP contribution in [0.25, 0.3) is 0 Å². The SMILES string of the molecule is CC(C)=CCCC1=CC[C@@H](C(=O)O)[C@H](C(=O)O)C1. The summed E-state index contributed by atoms with van der Waals surface area (Å²) >= 11 is 0. The molecule has 0 aromatic rings. The van der Waals surface area contributed by atoms with Crippen LogP contribution < -0.4 is 0 Å². The third kappa shape index (κ3) is 4.02. The van der Waals surface area contributed by atoms with Gasteiger partial charge in [-0.25, -0.2) is 0 Å². The molecule has 0 saturated carbocycles. The Bertz CT molecular complexity index is 389. The molecule has 0 aromatic carbocycles. The first-order valence-electron chi connectivity index (χ1n) is 6.18. The molecule has 4 nitrogen and oxygen atoms in total. The van der Waals surface area contributed by atoms with Gasteiger partial charge in [-0.15, -0.1) is 0 Å². The summed E-state index contributed by atoms with van der Waals surface area (Å²) in [6.07, 6.45) is 6.41. The molecule has 18 heavy (non-hydrogen) atoms. The molecule has 0 unspecified atom stereocenters. The van der Waals surface area contributed by atoms with Crippen LogP contribution in [-0.2, 0) is 9.59 Å². The first kappa shape index (κ1) is 14.5. The Labute approximate surface area is 107 Å². The van der Waals surface area contributed by atoms with Crippen LogP contribution >= 0.6 is 0 Å². The van der Waals surface area contributed by atoms with Gasteiger partial charge in [-0.1, -0.05) is 23.3 Å². The second-order valence-electron chi connectivity index (χ2n) is 5.01. The van der Waals surface area contributed by atoms with Crippen molar-refractivity contribution in [1.29, 1.82) is 0 Å². The first-order valence-corrected chi connectivity index (χ1v) is 6.18. The Kier molecular flexibility index (Phi) is 5.13. The fourth-order valence-electron chi connectivity index (χ4n) is 2.25. The van der Waals surface area contributed by atoms with Gasteiger partial charge in [0.1, 0.15) is 0 Å². The van der Waals surface area contributed by atoms with Crippen molar-refractivity contribution in [2.45, 2.75) is 39.5 Å². The predicted molar refractivity (Wildman–Crippen MR) is 68.2 cm³/mol. The minimum Gasteiger partial charge on any atom is -0.481 e. The van der Waals surface area contributed by atoms with E-state index in [-0.39, 0.29) is 0 Å². The molecule has 0 spiro atoms. The summed E-state index contributed by atoms with van der Waals surface area (Å²) in [7, 11) is 0. The lowest BCUT2D eigenvalue weighted by Crippen LogP contribution is -2.32. The quantitative estimate of drug-likeness (QED) is 0.738.